The Morgan fingerprint density at radius 3 is 2.69 bits per heavy atom. The van der Waals surface area contributed by atoms with Gasteiger partial charge in [0, 0.05) is 26.7 Å². The lowest BCUT2D eigenvalue weighted by Crippen LogP contribution is -2.35. The molecule has 1 amide bonds. The third kappa shape index (κ3) is 4.72. The van der Waals surface area contributed by atoms with Gasteiger partial charge in [-0.05, 0) is 50.1 Å². The minimum absolute atomic E-state index is 0.0329. The number of carbonyl (C=O) groups is 1. The Balaban J connectivity index is 1.51. The zero-order valence-corrected chi connectivity index (χ0v) is 20.0. The van der Waals surface area contributed by atoms with E-state index >= 15 is 0 Å². The third-order valence-electron chi connectivity index (χ3n) is 5.68. The molecule has 3 aromatic rings. The molecule has 1 fully saturated rings. The van der Waals surface area contributed by atoms with Gasteiger partial charge in [0.25, 0.3) is 0 Å². The fourth-order valence-electron chi connectivity index (χ4n) is 3.88. The van der Waals surface area contributed by atoms with Crippen molar-refractivity contribution in [3.8, 4) is 0 Å². The number of fused-ring (bicyclic) bond motifs is 1. The number of sulfonamides is 1. The van der Waals surface area contributed by atoms with Crippen LogP contribution in [-0.2, 0) is 27.9 Å². The largest absolute Gasteiger partial charge is 0.467 e. The molecule has 4 rings (SSSR count). The van der Waals surface area contributed by atoms with E-state index in [4.69, 9.17) is 4.42 Å². The predicted octanol–water partition coefficient (Wildman–Crippen LogP) is 3.57. The van der Waals surface area contributed by atoms with E-state index in [9.17, 15) is 13.2 Å². The smallest absolute Gasteiger partial charge is 0.243 e. The van der Waals surface area contributed by atoms with Gasteiger partial charge >= 0.3 is 0 Å². The van der Waals surface area contributed by atoms with Crippen LogP contribution in [0.3, 0.4) is 0 Å². The summed E-state index contributed by atoms with van der Waals surface area (Å²) in [6, 6.07) is 8.77. The molecule has 0 aliphatic carbocycles. The van der Waals surface area contributed by atoms with Crippen LogP contribution in [-0.4, -0.2) is 59.0 Å². The molecule has 0 spiro atoms. The summed E-state index contributed by atoms with van der Waals surface area (Å²) in [6.07, 6.45) is 4.46. The number of hydrogen-bond donors (Lipinski definition) is 0. The maximum atomic E-state index is 13.0. The van der Waals surface area contributed by atoms with Crippen LogP contribution in [0.25, 0.3) is 11.0 Å². The van der Waals surface area contributed by atoms with Crippen LogP contribution in [0.5, 0.6) is 0 Å². The monoisotopic (exact) mass is 476 g/mol. The highest BCUT2D eigenvalue weighted by Gasteiger charge is 2.27. The third-order valence-corrected chi connectivity index (χ3v) is 8.53. The van der Waals surface area contributed by atoms with Crippen molar-refractivity contribution in [2.24, 2.45) is 0 Å². The van der Waals surface area contributed by atoms with Crippen molar-refractivity contribution in [3.05, 3.63) is 42.4 Å². The fraction of sp³-hybridized carbons (Fsp3) is 0.455. The standard InChI is InChI=1S/C22H28N4O4S2/c1-3-26-20-10-9-18(32(28,29)25-11-5-4-6-12-25)14-19(20)23-22(26)31-16-21(27)24(2)15-17-8-7-13-30-17/h7-10,13-14H,3-6,11-12,15-16H2,1-2H3. The molecule has 1 saturated heterocycles. The molecule has 172 valence electrons. The SMILES string of the molecule is CCn1c(SCC(=O)N(C)Cc2ccco2)nc2cc(S(=O)(=O)N3CCCCC3)ccc21. The number of thioether (sulfide) groups is 1. The summed E-state index contributed by atoms with van der Waals surface area (Å²) in [7, 11) is -1.78. The molecule has 1 aliphatic rings. The van der Waals surface area contributed by atoms with Gasteiger partial charge in [0.1, 0.15) is 5.76 Å². The quantitative estimate of drug-likeness (QED) is 0.462. The van der Waals surface area contributed by atoms with Gasteiger partial charge in [-0.3, -0.25) is 4.79 Å². The Hall–Kier alpha value is -2.30. The van der Waals surface area contributed by atoms with Crippen LogP contribution in [0, 0.1) is 0 Å². The minimum Gasteiger partial charge on any atom is -0.467 e. The molecule has 0 unspecified atom stereocenters. The van der Waals surface area contributed by atoms with Crippen LogP contribution < -0.4 is 0 Å². The first-order valence-corrected chi connectivity index (χ1v) is 13.2. The molecule has 0 bridgehead atoms. The number of benzene rings is 1. The van der Waals surface area contributed by atoms with E-state index < -0.39 is 10.0 Å². The summed E-state index contributed by atoms with van der Waals surface area (Å²) in [4.78, 5) is 19.1. The molecule has 0 N–H and O–H groups in total. The summed E-state index contributed by atoms with van der Waals surface area (Å²) < 4.78 is 35.0. The maximum Gasteiger partial charge on any atom is 0.243 e. The first-order chi connectivity index (χ1) is 15.4. The Bertz CT molecular complexity index is 1180. The topological polar surface area (TPSA) is 88.6 Å². The minimum atomic E-state index is -3.52. The van der Waals surface area contributed by atoms with Crippen molar-refractivity contribution >= 4 is 38.7 Å². The zero-order chi connectivity index (χ0) is 22.7. The highest BCUT2D eigenvalue weighted by atomic mass is 32.2. The van der Waals surface area contributed by atoms with Crippen molar-refractivity contribution < 1.29 is 17.6 Å². The Kier molecular flexibility index (Phi) is 6.92. The number of aryl methyl sites for hydroxylation is 1. The number of carbonyl (C=O) groups excluding carboxylic acids is 1. The van der Waals surface area contributed by atoms with Crippen LogP contribution in [0.4, 0.5) is 0 Å². The van der Waals surface area contributed by atoms with Crippen LogP contribution in [0.2, 0.25) is 0 Å². The molecule has 32 heavy (non-hydrogen) atoms. The van der Waals surface area contributed by atoms with Gasteiger partial charge in [0.15, 0.2) is 5.16 Å². The first-order valence-electron chi connectivity index (χ1n) is 10.8. The highest BCUT2D eigenvalue weighted by Crippen LogP contribution is 2.28. The Morgan fingerprint density at radius 2 is 2.00 bits per heavy atom. The number of nitrogens with zero attached hydrogens (tertiary/aromatic N) is 4. The van der Waals surface area contributed by atoms with Crippen molar-refractivity contribution in [2.75, 3.05) is 25.9 Å². The first kappa shape index (κ1) is 22.9. The van der Waals surface area contributed by atoms with Gasteiger partial charge in [-0.2, -0.15) is 4.31 Å². The lowest BCUT2D eigenvalue weighted by atomic mass is 10.2. The number of aromatic nitrogens is 2. The van der Waals surface area contributed by atoms with Gasteiger partial charge in [0.2, 0.25) is 15.9 Å². The summed E-state index contributed by atoms with van der Waals surface area (Å²) in [5.74, 6) is 0.933. The number of amides is 1. The summed E-state index contributed by atoms with van der Waals surface area (Å²) in [5, 5.41) is 0.703. The van der Waals surface area contributed by atoms with Gasteiger partial charge in [-0.15, -0.1) is 0 Å². The highest BCUT2D eigenvalue weighted by molar-refractivity contribution is 7.99. The second-order valence-electron chi connectivity index (χ2n) is 7.87. The molecule has 8 nitrogen and oxygen atoms in total. The van der Waals surface area contributed by atoms with Crippen molar-refractivity contribution in [3.63, 3.8) is 0 Å². The summed E-state index contributed by atoms with van der Waals surface area (Å²) >= 11 is 1.36. The normalized spacial score (nSPS) is 15.3. The number of rotatable bonds is 8. The lowest BCUT2D eigenvalue weighted by Gasteiger charge is -2.25. The molecule has 3 heterocycles. The van der Waals surface area contributed by atoms with E-state index in [1.165, 1.54) is 11.8 Å². The molecule has 0 atom stereocenters. The van der Waals surface area contributed by atoms with E-state index in [0.29, 0.717) is 36.9 Å². The number of furan rings is 1. The van der Waals surface area contributed by atoms with E-state index in [2.05, 4.69) is 4.98 Å². The predicted molar refractivity (Wildman–Crippen MR) is 124 cm³/mol. The lowest BCUT2D eigenvalue weighted by molar-refractivity contribution is -0.127. The molecule has 1 aliphatic heterocycles. The fourth-order valence-corrected chi connectivity index (χ4v) is 6.44. The zero-order valence-electron chi connectivity index (χ0n) is 18.4. The molecule has 0 radical (unpaired) electrons. The second kappa shape index (κ2) is 9.68. The van der Waals surface area contributed by atoms with Crippen LogP contribution in [0.1, 0.15) is 31.9 Å². The number of hydrogen-bond acceptors (Lipinski definition) is 6. The molecular formula is C22H28N4O4S2. The maximum absolute atomic E-state index is 13.0. The Morgan fingerprint density at radius 1 is 1.22 bits per heavy atom. The number of imidazole rings is 1. The van der Waals surface area contributed by atoms with E-state index in [-0.39, 0.29) is 16.6 Å². The average molecular weight is 477 g/mol. The van der Waals surface area contributed by atoms with Gasteiger partial charge in [-0.25, -0.2) is 13.4 Å². The summed E-state index contributed by atoms with van der Waals surface area (Å²) in [5.41, 5.74) is 1.49. The van der Waals surface area contributed by atoms with Crippen molar-refractivity contribution in [1.82, 2.24) is 18.8 Å². The van der Waals surface area contributed by atoms with E-state index in [1.807, 2.05) is 23.6 Å². The van der Waals surface area contributed by atoms with Gasteiger partial charge in [0.05, 0.1) is 34.5 Å². The summed E-state index contributed by atoms with van der Waals surface area (Å²) in [6.45, 7) is 4.23. The van der Waals surface area contributed by atoms with Crippen molar-refractivity contribution in [2.45, 2.75) is 49.3 Å². The molecular weight excluding hydrogens is 448 g/mol. The molecule has 10 heteroatoms. The second-order valence-corrected chi connectivity index (χ2v) is 10.8. The van der Waals surface area contributed by atoms with E-state index in [1.54, 1.807) is 40.7 Å². The average Bonchev–Trinajstić information content (AvgIpc) is 3.44. The van der Waals surface area contributed by atoms with Gasteiger partial charge in [-0.1, -0.05) is 18.2 Å². The van der Waals surface area contributed by atoms with E-state index in [0.717, 1.165) is 30.5 Å². The molecule has 1 aromatic carbocycles. The molecule has 2 aromatic heterocycles. The van der Waals surface area contributed by atoms with Crippen molar-refractivity contribution in [1.29, 1.82) is 0 Å². The molecule has 0 saturated carbocycles. The Labute approximate surface area is 192 Å². The van der Waals surface area contributed by atoms with Crippen LogP contribution in [0.15, 0.2) is 51.1 Å². The van der Waals surface area contributed by atoms with Crippen LogP contribution >= 0.6 is 11.8 Å². The van der Waals surface area contributed by atoms with Gasteiger partial charge < -0.3 is 13.9 Å². The number of piperidine rings is 1.